The third kappa shape index (κ3) is 3.78. The summed E-state index contributed by atoms with van der Waals surface area (Å²) in [6.07, 6.45) is 0. The first-order valence-electron chi connectivity index (χ1n) is 4.73. The van der Waals surface area contributed by atoms with Crippen LogP contribution in [0.15, 0.2) is 42.5 Å². The minimum Gasteiger partial charge on any atom is -0.858 e. The van der Waals surface area contributed by atoms with E-state index in [1.165, 1.54) is 0 Å². The Bertz CT molecular complexity index is 494. The summed E-state index contributed by atoms with van der Waals surface area (Å²) in [6, 6.07) is 14.9. The van der Waals surface area contributed by atoms with Crippen LogP contribution in [0.5, 0.6) is 0 Å². The Morgan fingerprint density at radius 2 is 1.44 bits per heavy atom. The summed E-state index contributed by atoms with van der Waals surface area (Å²) in [5.74, 6) is -2.40. The molecule has 0 atom stereocenters. The van der Waals surface area contributed by atoms with Gasteiger partial charge >= 0.3 is 154 Å². The number of hydrogen-bond donors (Lipinski definition) is 0. The molecule has 0 saturated carbocycles. The van der Waals surface area contributed by atoms with Gasteiger partial charge in [-0.1, -0.05) is 35.4 Å². The van der Waals surface area contributed by atoms with Crippen LogP contribution in [0.4, 0.5) is 0 Å². The Balaban J connectivity index is 0.000000963. The summed E-state index contributed by atoms with van der Waals surface area (Å²) >= 11 is 0. The molecule has 0 amide bonds. The van der Waals surface area contributed by atoms with Gasteiger partial charge in [-0.3, -0.25) is 0 Å². The number of benzene rings is 2. The Labute approximate surface area is 234 Å². The molecule has 2 aromatic rings. The molecule has 0 N–H and O–H groups in total. The zero-order valence-corrected chi connectivity index (χ0v) is 20.2. The second-order valence-corrected chi connectivity index (χ2v) is 3.62. The van der Waals surface area contributed by atoms with Gasteiger partial charge in [-0.05, 0) is 0 Å². The number of fused-ring (bicyclic) bond motifs is 3. The minimum atomic E-state index is -2.40. The summed E-state index contributed by atoms with van der Waals surface area (Å²) in [6.45, 7) is 0. The molecule has 2 nitrogen and oxygen atoms in total. The topological polar surface area (TPSA) is 46.1 Å². The number of hydrogen-bond acceptors (Lipinski definition) is 2. The molecule has 1 aliphatic rings. The average Bonchev–Trinajstić information content (AvgIpc) is 2.51. The largest absolute Gasteiger partial charge is 1.00 e. The zero-order valence-electron chi connectivity index (χ0n) is 10.9. The molecule has 0 saturated heterocycles. The van der Waals surface area contributed by atoms with Crippen molar-refractivity contribution in [1.29, 1.82) is 0 Å². The van der Waals surface area contributed by atoms with Gasteiger partial charge < -0.3 is 10.2 Å². The maximum atomic E-state index is 12.0. The third-order valence-electron chi connectivity index (χ3n) is 2.76. The molecule has 0 aliphatic heterocycles. The summed E-state index contributed by atoms with van der Waals surface area (Å²) in [5.41, 5.74) is 1.99. The zero-order chi connectivity index (χ0) is 10.5. The summed E-state index contributed by atoms with van der Waals surface area (Å²) in [4.78, 5) is 0. The maximum Gasteiger partial charge on any atom is 1.00 e. The van der Waals surface area contributed by atoms with E-state index in [9.17, 15) is 10.2 Å². The van der Waals surface area contributed by atoms with E-state index in [-0.39, 0.29) is 160 Å². The second-order valence-electron chi connectivity index (χ2n) is 3.62. The van der Waals surface area contributed by atoms with E-state index in [1.54, 1.807) is 36.4 Å². The van der Waals surface area contributed by atoms with E-state index in [0.29, 0.717) is 5.56 Å². The van der Waals surface area contributed by atoms with Crippen LogP contribution in [0.25, 0.3) is 11.1 Å². The van der Waals surface area contributed by atoms with Gasteiger partial charge in [0, 0.05) is 0 Å². The first kappa shape index (κ1) is 21.3. The molecule has 2 aromatic carbocycles. The predicted molar refractivity (Wildman–Crippen MR) is 51.5 cm³/mol. The molecule has 0 fully saturated rings. The van der Waals surface area contributed by atoms with Gasteiger partial charge in [0.15, 0.2) is 0 Å². The molecule has 3 rings (SSSR count). The molecule has 0 bridgehead atoms. The molecule has 0 heterocycles. The van der Waals surface area contributed by atoms with Crippen LogP contribution in [0.1, 0.15) is 11.1 Å². The third-order valence-corrected chi connectivity index (χ3v) is 2.76. The van der Waals surface area contributed by atoms with Crippen LogP contribution in [-0.2, 0) is 5.79 Å². The Kier molecular flexibility index (Phi) is 10.4. The summed E-state index contributed by atoms with van der Waals surface area (Å²) < 4.78 is 0. The summed E-state index contributed by atoms with van der Waals surface area (Å²) in [7, 11) is 0. The van der Waals surface area contributed by atoms with Crippen LogP contribution in [-0.4, -0.2) is 0 Å². The molecule has 0 radical (unpaired) electrons. The molecule has 0 spiro atoms. The molecular formula is C13H7K3O2. The van der Waals surface area contributed by atoms with Gasteiger partial charge in [0.2, 0.25) is 0 Å². The van der Waals surface area contributed by atoms with Crippen LogP contribution in [0, 0.1) is 6.07 Å². The average molecular weight is 312 g/mol. The van der Waals surface area contributed by atoms with Crippen molar-refractivity contribution in [3.05, 3.63) is 59.7 Å². The smallest absolute Gasteiger partial charge is 0.858 e. The van der Waals surface area contributed by atoms with Crippen LogP contribution in [0.2, 0.25) is 0 Å². The van der Waals surface area contributed by atoms with Crippen molar-refractivity contribution in [1.82, 2.24) is 0 Å². The van der Waals surface area contributed by atoms with Crippen molar-refractivity contribution in [2.24, 2.45) is 0 Å². The van der Waals surface area contributed by atoms with Crippen molar-refractivity contribution < 1.29 is 164 Å². The van der Waals surface area contributed by atoms with Crippen molar-refractivity contribution in [3.8, 4) is 11.1 Å². The monoisotopic (exact) mass is 312 g/mol. The van der Waals surface area contributed by atoms with Gasteiger partial charge in [-0.15, -0.1) is 5.56 Å². The standard InChI is InChI=1S/C13H7O2.3K/c14-13(15)11-7-3-1-5-9(11)10-6-2-4-8-12(10)13;;;/h1-7H;;;/q-3;3*+1. The molecule has 74 valence electrons. The van der Waals surface area contributed by atoms with E-state index in [0.717, 1.165) is 11.1 Å². The Hall–Kier alpha value is 3.27. The van der Waals surface area contributed by atoms with Crippen molar-refractivity contribution in [2.75, 3.05) is 0 Å². The minimum absolute atomic E-state index is 0. The number of rotatable bonds is 0. The van der Waals surface area contributed by atoms with Gasteiger partial charge in [-0.2, -0.15) is 35.6 Å². The molecule has 0 unspecified atom stereocenters. The van der Waals surface area contributed by atoms with Crippen molar-refractivity contribution >= 4 is 0 Å². The SMILES string of the molecule is [K+].[K+].[K+].[O-]C1([O-])c2[c-]cccc2-c2ccccc21. The van der Waals surface area contributed by atoms with Crippen LogP contribution < -0.4 is 164 Å². The summed E-state index contributed by atoms with van der Waals surface area (Å²) in [5, 5.41) is 23.9. The van der Waals surface area contributed by atoms with Crippen LogP contribution in [0.3, 0.4) is 0 Å². The normalized spacial score (nSPS) is 13.2. The molecule has 5 heteroatoms. The van der Waals surface area contributed by atoms with E-state index in [2.05, 4.69) is 6.07 Å². The maximum absolute atomic E-state index is 12.0. The van der Waals surface area contributed by atoms with Gasteiger partial charge in [0.25, 0.3) is 0 Å². The van der Waals surface area contributed by atoms with E-state index >= 15 is 0 Å². The van der Waals surface area contributed by atoms with Gasteiger partial charge in [0.05, 0.1) is 0 Å². The first-order valence-corrected chi connectivity index (χ1v) is 4.73. The van der Waals surface area contributed by atoms with Crippen LogP contribution >= 0.6 is 0 Å². The Morgan fingerprint density at radius 3 is 2.17 bits per heavy atom. The van der Waals surface area contributed by atoms with E-state index in [4.69, 9.17) is 0 Å². The fraction of sp³-hybridized carbons (Fsp3) is 0.0769. The van der Waals surface area contributed by atoms with Gasteiger partial charge in [0.1, 0.15) is 0 Å². The molecule has 18 heavy (non-hydrogen) atoms. The predicted octanol–water partition coefficient (Wildman–Crippen LogP) is -8.60. The fourth-order valence-electron chi connectivity index (χ4n) is 2.07. The van der Waals surface area contributed by atoms with Crippen molar-refractivity contribution in [3.63, 3.8) is 0 Å². The second kappa shape index (κ2) is 8.78. The fourth-order valence-corrected chi connectivity index (χ4v) is 2.07. The molecule has 0 aromatic heterocycles. The quantitative estimate of drug-likeness (QED) is 0.276. The van der Waals surface area contributed by atoms with Crippen molar-refractivity contribution in [2.45, 2.75) is 5.79 Å². The van der Waals surface area contributed by atoms with Gasteiger partial charge in [-0.25, -0.2) is 0 Å². The first-order chi connectivity index (χ1) is 7.21. The Morgan fingerprint density at radius 1 is 0.833 bits per heavy atom. The molecule has 1 aliphatic carbocycles. The van der Waals surface area contributed by atoms with E-state index < -0.39 is 5.79 Å². The molecular weight excluding hydrogens is 305 g/mol. The van der Waals surface area contributed by atoms with E-state index in [1.807, 2.05) is 6.07 Å².